The number of nitrogens with one attached hydrogen (secondary N) is 1. The lowest BCUT2D eigenvalue weighted by Crippen LogP contribution is -2.22. The Bertz CT molecular complexity index is 1110. The molecule has 1 heterocycles. The van der Waals surface area contributed by atoms with Crippen molar-refractivity contribution in [1.29, 1.82) is 5.26 Å². The summed E-state index contributed by atoms with van der Waals surface area (Å²) in [4.78, 5) is 12.7. The summed E-state index contributed by atoms with van der Waals surface area (Å²) < 4.78 is 27.3. The molecule has 0 fully saturated rings. The van der Waals surface area contributed by atoms with Crippen LogP contribution in [0, 0.1) is 11.3 Å². The first-order chi connectivity index (χ1) is 13.8. The van der Waals surface area contributed by atoms with Gasteiger partial charge in [-0.2, -0.15) is 10.4 Å². The second kappa shape index (κ2) is 9.45. The van der Waals surface area contributed by atoms with Crippen molar-refractivity contribution in [3.05, 3.63) is 45.7 Å². The summed E-state index contributed by atoms with van der Waals surface area (Å²) >= 11 is 0. The Morgan fingerprint density at radius 1 is 1.21 bits per heavy atom. The molecule has 0 bridgehead atoms. The predicted molar refractivity (Wildman–Crippen MR) is 108 cm³/mol. The zero-order chi connectivity index (χ0) is 21.6. The third-order valence-electron chi connectivity index (χ3n) is 4.28. The predicted octanol–water partition coefficient (Wildman–Crippen LogP) is 3.02. The largest absolute Gasteiger partial charge is 0.493 e. The second-order valence-electron chi connectivity index (χ2n) is 6.30. The van der Waals surface area contributed by atoms with Gasteiger partial charge in [-0.3, -0.25) is 9.36 Å². The Hall–Kier alpha value is -3.03. The fraction of sp³-hybridized carbons (Fsp3) is 0.368. The molecule has 1 aromatic heterocycles. The van der Waals surface area contributed by atoms with E-state index >= 15 is 0 Å². The van der Waals surface area contributed by atoms with E-state index in [1.807, 2.05) is 13.0 Å². The third-order valence-corrected chi connectivity index (χ3v) is 5.84. The number of aromatic hydroxyl groups is 1. The van der Waals surface area contributed by atoms with Gasteiger partial charge in [0.25, 0.3) is 5.56 Å². The molecule has 2 N–H and O–H groups in total. The minimum absolute atomic E-state index is 0.00146. The number of hydrogen-bond acceptors (Lipinski definition) is 7. The van der Waals surface area contributed by atoms with Gasteiger partial charge >= 0.3 is 0 Å². The molecule has 0 saturated heterocycles. The van der Waals surface area contributed by atoms with Crippen LogP contribution < -0.4 is 10.3 Å². The highest BCUT2D eigenvalue weighted by Gasteiger charge is 2.20. The number of sulfonamides is 1. The van der Waals surface area contributed by atoms with Gasteiger partial charge in [0.15, 0.2) is 5.69 Å². The normalized spacial score (nSPS) is 11.7. The molecule has 0 aliphatic carbocycles. The summed E-state index contributed by atoms with van der Waals surface area (Å²) in [7, 11) is -2.23. The molecule has 1 aromatic carbocycles. The molecule has 0 aliphatic rings. The van der Waals surface area contributed by atoms with E-state index in [1.54, 1.807) is 6.92 Å². The quantitative estimate of drug-likeness (QED) is 0.636. The van der Waals surface area contributed by atoms with E-state index in [4.69, 9.17) is 0 Å². The Labute approximate surface area is 169 Å². The van der Waals surface area contributed by atoms with Crippen LogP contribution in [0.1, 0.15) is 37.8 Å². The molecule has 2 rings (SSSR count). The van der Waals surface area contributed by atoms with Crippen LogP contribution in [-0.2, 0) is 23.5 Å². The number of nitrogens with zero attached hydrogens (tertiary/aromatic N) is 4. The van der Waals surface area contributed by atoms with Crippen LogP contribution in [0.25, 0.3) is 0 Å². The van der Waals surface area contributed by atoms with Gasteiger partial charge in [0, 0.05) is 19.2 Å². The summed E-state index contributed by atoms with van der Waals surface area (Å²) in [5.74, 6) is -0.402. The number of benzene rings is 1. The first kappa shape index (κ1) is 22.3. The molecule has 0 saturated carbocycles. The smallest absolute Gasteiger partial charge is 0.281 e. The molecule has 10 heteroatoms. The van der Waals surface area contributed by atoms with Gasteiger partial charge in [0.2, 0.25) is 15.9 Å². The van der Waals surface area contributed by atoms with Gasteiger partial charge in [-0.25, -0.2) is 13.1 Å². The molecule has 9 nitrogen and oxygen atoms in total. The molecule has 0 radical (unpaired) electrons. The van der Waals surface area contributed by atoms with Crippen molar-refractivity contribution >= 4 is 21.4 Å². The van der Waals surface area contributed by atoms with Crippen LogP contribution in [-0.4, -0.2) is 24.6 Å². The Balaban J connectivity index is 2.48. The summed E-state index contributed by atoms with van der Waals surface area (Å²) in [6.07, 6.45) is 1.94. The first-order valence-corrected chi connectivity index (χ1v) is 10.6. The fourth-order valence-electron chi connectivity index (χ4n) is 2.70. The van der Waals surface area contributed by atoms with E-state index < -0.39 is 21.5 Å². The Morgan fingerprint density at radius 2 is 1.86 bits per heavy atom. The van der Waals surface area contributed by atoms with E-state index in [2.05, 4.69) is 15.0 Å². The number of aromatic nitrogens is 1. The maximum atomic E-state index is 12.6. The number of azo groups is 1. The molecule has 0 atom stereocenters. The summed E-state index contributed by atoms with van der Waals surface area (Å²) in [5.41, 5.74) is 0.115. The van der Waals surface area contributed by atoms with Gasteiger partial charge in [0.1, 0.15) is 11.6 Å². The second-order valence-corrected chi connectivity index (χ2v) is 8.07. The van der Waals surface area contributed by atoms with Crippen LogP contribution in [0.5, 0.6) is 5.88 Å². The number of hydrogen-bond donors (Lipinski definition) is 2. The highest BCUT2D eigenvalue weighted by Crippen LogP contribution is 2.28. The highest BCUT2D eigenvalue weighted by molar-refractivity contribution is 7.89. The average Bonchev–Trinajstić information content (AvgIpc) is 2.70. The molecule has 29 heavy (non-hydrogen) atoms. The van der Waals surface area contributed by atoms with E-state index in [-0.39, 0.29) is 22.7 Å². The van der Waals surface area contributed by atoms with E-state index in [9.17, 15) is 23.6 Å². The standard InChI is InChI=1S/C19H23N5O4S/c1-4-6-7-15-16(12-20)18(25)24(3)19(26)17(15)23-22-13-8-10-14(11-9-13)29(27,28)21-5-2/h8-11,21,25H,4-7H2,1-3H3. The highest BCUT2D eigenvalue weighted by atomic mass is 32.2. The molecule has 154 valence electrons. The fourth-order valence-corrected chi connectivity index (χ4v) is 3.74. The SMILES string of the molecule is CCCCc1c(C#N)c(O)n(C)c(=O)c1N=Nc1ccc(S(=O)(=O)NCC)cc1. The molecular formula is C19H23N5O4S. The van der Waals surface area contributed by atoms with E-state index in [0.29, 0.717) is 24.1 Å². The van der Waals surface area contributed by atoms with Crippen molar-refractivity contribution in [2.75, 3.05) is 6.54 Å². The third kappa shape index (κ3) is 4.88. The van der Waals surface area contributed by atoms with Crippen molar-refractivity contribution in [2.45, 2.75) is 38.0 Å². The first-order valence-electron chi connectivity index (χ1n) is 9.13. The van der Waals surface area contributed by atoms with Crippen LogP contribution in [0.15, 0.2) is 44.2 Å². The minimum Gasteiger partial charge on any atom is -0.493 e. The molecule has 0 aliphatic heterocycles. The minimum atomic E-state index is -3.58. The molecule has 0 spiro atoms. The maximum absolute atomic E-state index is 12.6. The van der Waals surface area contributed by atoms with Gasteiger partial charge in [0.05, 0.1) is 10.6 Å². The topological polar surface area (TPSA) is 137 Å². The Morgan fingerprint density at radius 3 is 2.41 bits per heavy atom. The van der Waals surface area contributed by atoms with Crippen molar-refractivity contribution in [3.8, 4) is 11.9 Å². The van der Waals surface area contributed by atoms with Gasteiger partial charge < -0.3 is 5.11 Å². The zero-order valence-electron chi connectivity index (χ0n) is 16.5. The number of unbranched alkanes of at least 4 members (excludes halogenated alkanes) is 1. The van der Waals surface area contributed by atoms with Crippen molar-refractivity contribution in [3.63, 3.8) is 0 Å². The molecular weight excluding hydrogens is 394 g/mol. The van der Waals surface area contributed by atoms with Crippen molar-refractivity contribution < 1.29 is 13.5 Å². The zero-order valence-corrected chi connectivity index (χ0v) is 17.3. The van der Waals surface area contributed by atoms with E-state index in [0.717, 1.165) is 11.0 Å². The number of pyridine rings is 1. The summed E-state index contributed by atoms with van der Waals surface area (Å²) in [6, 6.07) is 7.64. The lowest BCUT2D eigenvalue weighted by Gasteiger charge is -2.11. The van der Waals surface area contributed by atoms with Crippen LogP contribution in [0.2, 0.25) is 0 Å². The lowest BCUT2D eigenvalue weighted by atomic mass is 10.0. The molecule has 2 aromatic rings. The maximum Gasteiger partial charge on any atom is 0.281 e. The van der Waals surface area contributed by atoms with Crippen LogP contribution in [0.4, 0.5) is 11.4 Å². The van der Waals surface area contributed by atoms with Crippen LogP contribution >= 0.6 is 0 Å². The Kier molecular flexibility index (Phi) is 7.25. The lowest BCUT2D eigenvalue weighted by molar-refractivity contribution is 0.420. The van der Waals surface area contributed by atoms with Crippen molar-refractivity contribution in [2.24, 2.45) is 17.3 Å². The average molecular weight is 417 g/mol. The monoisotopic (exact) mass is 417 g/mol. The van der Waals surface area contributed by atoms with Gasteiger partial charge in [-0.1, -0.05) is 20.3 Å². The number of nitriles is 1. The van der Waals surface area contributed by atoms with Crippen LogP contribution in [0.3, 0.4) is 0 Å². The molecule has 0 unspecified atom stereocenters. The summed E-state index contributed by atoms with van der Waals surface area (Å²) in [5, 5.41) is 27.6. The van der Waals surface area contributed by atoms with Gasteiger partial charge in [-0.15, -0.1) is 5.11 Å². The van der Waals surface area contributed by atoms with E-state index in [1.165, 1.54) is 31.3 Å². The summed E-state index contributed by atoms with van der Waals surface area (Å²) in [6.45, 7) is 3.93. The number of rotatable bonds is 8. The van der Waals surface area contributed by atoms with Gasteiger partial charge in [-0.05, 0) is 37.1 Å². The molecule has 0 amide bonds. The van der Waals surface area contributed by atoms with Crippen molar-refractivity contribution in [1.82, 2.24) is 9.29 Å².